The second kappa shape index (κ2) is 9.36. The SMILES string of the molecule is CO[C@H](C)[C@H]1C(=O)Nc2c(C)nc(CC3CC(COc4ccc(C(F)(F)F)nc4)C3)nc2N1C. The van der Waals surface area contributed by atoms with E-state index in [4.69, 9.17) is 14.5 Å². The molecule has 11 heteroatoms. The van der Waals surface area contributed by atoms with Crippen LogP contribution in [0.2, 0.25) is 0 Å². The molecule has 2 atom stereocenters. The molecule has 0 aromatic carbocycles. The molecule has 4 rings (SSSR count). The third kappa shape index (κ3) is 4.94. The maximum atomic E-state index is 12.6. The van der Waals surface area contributed by atoms with Gasteiger partial charge in [-0.1, -0.05) is 0 Å². The fourth-order valence-electron chi connectivity index (χ4n) is 4.55. The standard InChI is InChI=1S/C23H28F3N5O3/c1-12-19-21(31(3)20(13(2)33-4)22(32)30-19)29-18(28-12)9-14-7-15(8-14)11-34-16-5-6-17(27-10-16)23(24,25)26/h5-6,10,13-15,20H,7-9,11H2,1-4H3,(H,30,32)/t13-,14?,15?,20+/m1/s1. The summed E-state index contributed by atoms with van der Waals surface area (Å²) in [6.07, 6.45) is -1.11. The van der Waals surface area contributed by atoms with E-state index in [1.54, 1.807) is 7.11 Å². The number of fused-ring (bicyclic) bond motifs is 1. The first-order valence-corrected chi connectivity index (χ1v) is 11.2. The zero-order chi connectivity index (χ0) is 24.6. The lowest BCUT2D eigenvalue weighted by Gasteiger charge is -2.38. The molecule has 1 saturated carbocycles. The predicted molar refractivity (Wildman–Crippen MR) is 119 cm³/mol. The molecule has 0 radical (unpaired) electrons. The van der Waals surface area contributed by atoms with Crippen LogP contribution in [0.1, 0.15) is 37.0 Å². The van der Waals surface area contributed by atoms with E-state index in [1.165, 1.54) is 6.07 Å². The summed E-state index contributed by atoms with van der Waals surface area (Å²) >= 11 is 0. The van der Waals surface area contributed by atoms with Gasteiger partial charge in [0.15, 0.2) is 5.82 Å². The molecule has 0 spiro atoms. The maximum Gasteiger partial charge on any atom is 0.433 e. The largest absolute Gasteiger partial charge is 0.492 e. The molecular formula is C23H28F3N5O3. The number of carbonyl (C=O) groups excluding carboxylic acids is 1. The van der Waals surface area contributed by atoms with Gasteiger partial charge in [-0.3, -0.25) is 4.79 Å². The quantitative estimate of drug-likeness (QED) is 0.649. The van der Waals surface area contributed by atoms with Crippen LogP contribution in [0.15, 0.2) is 18.3 Å². The molecule has 184 valence electrons. The van der Waals surface area contributed by atoms with Crippen molar-refractivity contribution in [1.82, 2.24) is 15.0 Å². The van der Waals surface area contributed by atoms with Crippen LogP contribution in [0.25, 0.3) is 0 Å². The topological polar surface area (TPSA) is 89.5 Å². The smallest absolute Gasteiger partial charge is 0.433 e. The molecule has 0 unspecified atom stereocenters. The molecular weight excluding hydrogens is 451 g/mol. The summed E-state index contributed by atoms with van der Waals surface area (Å²) in [6.45, 7) is 4.13. The van der Waals surface area contributed by atoms with E-state index in [0.717, 1.165) is 36.6 Å². The number of methoxy groups -OCH3 is 1. The van der Waals surface area contributed by atoms with Gasteiger partial charge in [-0.25, -0.2) is 15.0 Å². The summed E-state index contributed by atoms with van der Waals surface area (Å²) in [7, 11) is 3.41. The second-order valence-corrected chi connectivity index (χ2v) is 9.01. The maximum absolute atomic E-state index is 12.6. The van der Waals surface area contributed by atoms with Crippen LogP contribution in [0.4, 0.5) is 24.7 Å². The lowest BCUT2D eigenvalue weighted by atomic mass is 9.73. The van der Waals surface area contributed by atoms with E-state index in [1.807, 2.05) is 25.8 Å². The average molecular weight is 480 g/mol. The van der Waals surface area contributed by atoms with Gasteiger partial charge in [0.05, 0.1) is 24.6 Å². The number of amides is 1. The third-order valence-electron chi connectivity index (χ3n) is 6.52. The molecule has 1 aliphatic carbocycles. The Labute approximate surface area is 195 Å². The molecule has 0 bridgehead atoms. The Balaban J connectivity index is 1.32. The van der Waals surface area contributed by atoms with Crippen molar-refractivity contribution in [3.8, 4) is 5.75 Å². The fraction of sp³-hybridized carbons (Fsp3) is 0.565. The van der Waals surface area contributed by atoms with Gasteiger partial charge in [0.2, 0.25) is 5.91 Å². The first-order valence-electron chi connectivity index (χ1n) is 11.2. The molecule has 0 saturated heterocycles. The lowest BCUT2D eigenvalue weighted by molar-refractivity contribution is -0.141. The number of nitrogens with one attached hydrogen (secondary N) is 1. The average Bonchev–Trinajstić information content (AvgIpc) is 2.75. The number of aromatic nitrogens is 3. The number of nitrogens with zero attached hydrogens (tertiary/aromatic N) is 4. The molecule has 3 heterocycles. The molecule has 1 fully saturated rings. The molecule has 1 amide bonds. The minimum absolute atomic E-state index is 0.145. The Morgan fingerprint density at radius 1 is 1.24 bits per heavy atom. The van der Waals surface area contributed by atoms with Crippen molar-refractivity contribution in [2.45, 2.75) is 51.4 Å². The highest BCUT2D eigenvalue weighted by Gasteiger charge is 2.38. The molecule has 2 aromatic rings. The Hall–Kier alpha value is -2.95. The molecule has 2 aliphatic rings. The van der Waals surface area contributed by atoms with Crippen molar-refractivity contribution in [2.24, 2.45) is 11.8 Å². The van der Waals surface area contributed by atoms with Crippen molar-refractivity contribution >= 4 is 17.4 Å². The van der Waals surface area contributed by atoms with Gasteiger partial charge in [0.1, 0.15) is 29.0 Å². The van der Waals surface area contributed by atoms with Gasteiger partial charge in [0.25, 0.3) is 0 Å². The van der Waals surface area contributed by atoms with E-state index in [0.29, 0.717) is 42.1 Å². The van der Waals surface area contributed by atoms with Gasteiger partial charge in [-0.2, -0.15) is 13.2 Å². The summed E-state index contributed by atoms with van der Waals surface area (Å²) in [5.41, 5.74) is 0.413. The Morgan fingerprint density at radius 3 is 2.59 bits per heavy atom. The van der Waals surface area contributed by atoms with Gasteiger partial charge in [0, 0.05) is 20.6 Å². The number of likely N-dealkylation sites (N-methyl/N-ethyl adjacent to an activating group) is 1. The highest BCUT2D eigenvalue weighted by Crippen LogP contribution is 2.38. The van der Waals surface area contributed by atoms with E-state index in [-0.39, 0.29) is 12.0 Å². The van der Waals surface area contributed by atoms with Crippen LogP contribution in [0.3, 0.4) is 0 Å². The normalized spacial score (nSPS) is 23.1. The van der Waals surface area contributed by atoms with Crippen LogP contribution >= 0.6 is 0 Å². The van der Waals surface area contributed by atoms with Crippen molar-refractivity contribution in [1.29, 1.82) is 0 Å². The molecule has 1 aliphatic heterocycles. The Morgan fingerprint density at radius 2 is 1.97 bits per heavy atom. The minimum Gasteiger partial charge on any atom is -0.492 e. The van der Waals surface area contributed by atoms with Crippen LogP contribution in [0.5, 0.6) is 5.75 Å². The Bertz CT molecular complexity index is 1040. The number of pyridine rings is 1. The zero-order valence-electron chi connectivity index (χ0n) is 19.5. The number of alkyl halides is 3. The van der Waals surface area contributed by atoms with E-state index < -0.39 is 17.9 Å². The molecule has 34 heavy (non-hydrogen) atoms. The van der Waals surface area contributed by atoms with Crippen molar-refractivity contribution in [3.63, 3.8) is 0 Å². The van der Waals surface area contributed by atoms with E-state index in [2.05, 4.69) is 15.3 Å². The number of anilines is 2. The Kier molecular flexibility index (Phi) is 6.66. The fourth-order valence-corrected chi connectivity index (χ4v) is 4.55. The van der Waals surface area contributed by atoms with Crippen LogP contribution in [-0.2, 0) is 22.1 Å². The highest BCUT2D eigenvalue weighted by molar-refractivity contribution is 6.03. The zero-order valence-corrected chi connectivity index (χ0v) is 19.5. The predicted octanol–water partition coefficient (Wildman–Crippen LogP) is 3.64. The number of hydrogen-bond acceptors (Lipinski definition) is 7. The highest BCUT2D eigenvalue weighted by atomic mass is 19.4. The lowest BCUT2D eigenvalue weighted by Crippen LogP contribution is -2.53. The molecule has 8 nitrogen and oxygen atoms in total. The second-order valence-electron chi connectivity index (χ2n) is 9.01. The summed E-state index contributed by atoms with van der Waals surface area (Å²) in [4.78, 5) is 27.1. The van der Waals surface area contributed by atoms with Crippen molar-refractivity contribution in [3.05, 3.63) is 35.5 Å². The number of hydrogen-bond donors (Lipinski definition) is 1. The summed E-state index contributed by atoms with van der Waals surface area (Å²) < 4.78 is 48.8. The van der Waals surface area contributed by atoms with E-state index >= 15 is 0 Å². The first kappa shape index (κ1) is 24.2. The van der Waals surface area contributed by atoms with E-state index in [9.17, 15) is 18.0 Å². The van der Waals surface area contributed by atoms with Crippen molar-refractivity contribution in [2.75, 3.05) is 31.0 Å². The van der Waals surface area contributed by atoms with Gasteiger partial charge in [-0.15, -0.1) is 0 Å². The van der Waals surface area contributed by atoms with Crippen LogP contribution in [-0.4, -0.2) is 53.8 Å². The minimum atomic E-state index is -4.46. The number of rotatable bonds is 7. The van der Waals surface area contributed by atoms with Crippen LogP contribution in [0, 0.1) is 18.8 Å². The summed E-state index contributed by atoms with van der Waals surface area (Å²) in [5.74, 6) is 2.31. The summed E-state index contributed by atoms with van der Waals surface area (Å²) in [6, 6.07) is 1.74. The number of halogens is 3. The van der Waals surface area contributed by atoms with Crippen molar-refractivity contribution < 1.29 is 27.4 Å². The van der Waals surface area contributed by atoms with Gasteiger partial charge >= 0.3 is 6.18 Å². The van der Waals surface area contributed by atoms with Crippen LogP contribution < -0.4 is 15.0 Å². The number of aryl methyl sites for hydroxylation is 1. The monoisotopic (exact) mass is 479 g/mol. The number of ether oxygens (including phenoxy) is 2. The molecule has 2 aromatic heterocycles. The first-order chi connectivity index (χ1) is 16.1. The third-order valence-corrected chi connectivity index (χ3v) is 6.52. The number of carbonyl (C=O) groups is 1. The molecule has 1 N–H and O–H groups in total. The van der Waals surface area contributed by atoms with Gasteiger partial charge in [-0.05, 0) is 50.7 Å². The summed E-state index contributed by atoms with van der Waals surface area (Å²) in [5, 5.41) is 2.91. The van der Waals surface area contributed by atoms with Gasteiger partial charge < -0.3 is 19.7 Å².